The Morgan fingerprint density at radius 3 is 2.97 bits per heavy atom. The van der Waals surface area contributed by atoms with Crippen molar-refractivity contribution in [1.29, 1.82) is 5.53 Å². The summed E-state index contributed by atoms with van der Waals surface area (Å²) in [6, 6.07) is 11.8. The van der Waals surface area contributed by atoms with Crippen molar-refractivity contribution in [3.63, 3.8) is 0 Å². The molecule has 2 aliphatic rings. The normalized spacial score (nSPS) is 18.9. The summed E-state index contributed by atoms with van der Waals surface area (Å²) in [7, 11) is 0. The van der Waals surface area contributed by atoms with E-state index in [9.17, 15) is 14.3 Å². The summed E-state index contributed by atoms with van der Waals surface area (Å²) >= 11 is 0. The molecule has 0 bridgehead atoms. The zero-order chi connectivity index (χ0) is 21.1. The number of aliphatic hydroxyl groups excluding tert-OH is 1. The minimum atomic E-state index is -1.03. The van der Waals surface area contributed by atoms with Gasteiger partial charge < -0.3 is 25.4 Å². The maximum Gasteiger partial charge on any atom is 0.253 e. The molecule has 8 nitrogen and oxygen atoms in total. The fourth-order valence-corrected chi connectivity index (χ4v) is 3.36. The number of aliphatic hydroxyl groups is 1. The van der Waals surface area contributed by atoms with E-state index < -0.39 is 12.0 Å². The van der Waals surface area contributed by atoms with Crippen molar-refractivity contribution in [1.82, 2.24) is 0 Å². The third kappa shape index (κ3) is 3.93. The summed E-state index contributed by atoms with van der Waals surface area (Å²) < 4.78 is 19.6. The second-order valence-electron chi connectivity index (χ2n) is 6.78. The van der Waals surface area contributed by atoms with Crippen LogP contribution in [0.3, 0.4) is 0 Å². The molecule has 2 heterocycles. The van der Waals surface area contributed by atoms with Gasteiger partial charge in [-0.05, 0) is 35.9 Å². The van der Waals surface area contributed by atoms with Gasteiger partial charge in [0.05, 0.1) is 12.3 Å². The Morgan fingerprint density at radius 2 is 2.20 bits per heavy atom. The largest absolute Gasteiger partial charge is 0.370 e. The molecule has 1 fully saturated rings. The van der Waals surface area contributed by atoms with Crippen LogP contribution in [0.2, 0.25) is 0 Å². The first-order valence-corrected chi connectivity index (χ1v) is 9.34. The van der Waals surface area contributed by atoms with Gasteiger partial charge in [0.15, 0.2) is 6.23 Å². The third-order valence-corrected chi connectivity index (χ3v) is 4.87. The zero-order valence-electron chi connectivity index (χ0n) is 15.9. The number of carbonyl (C=O) groups is 1. The van der Waals surface area contributed by atoms with Crippen molar-refractivity contribution in [2.75, 3.05) is 35.3 Å². The molecule has 2 aromatic rings. The van der Waals surface area contributed by atoms with Crippen LogP contribution in [0.5, 0.6) is 0 Å². The summed E-state index contributed by atoms with van der Waals surface area (Å²) in [6.07, 6.45) is 2.13. The van der Waals surface area contributed by atoms with Crippen molar-refractivity contribution >= 4 is 29.0 Å². The molecule has 1 atom stereocenters. The SMILES string of the molecule is N=N/C(=C\Nc1ccc(N2CCOCC2=O)c(F)c1)C1=Cc2ccccc2NC1O. The number of fused-ring (bicyclic) bond motifs is 1. The quantitative estimate of drug-likeness (QED) is 0.567. The summed E-state index contributed by atoms with van der Waals surface area (Å²) in [6.45, 7) is 0.590. The number of para-hydroxylation sites is 1. The minimum Gasteiger partial charge on any atom is -0.370 e. The van der Waals surface area contributed by atoms with Crippen LogP contribution in [-0.4, -0.2) is 37.0 Å². The lowest BCUT2D eigenvalue weighted by atomic mass is 10.0. The first-order chi connectivity index (χ1) is 14.6. The Balaban J connectivity index is 1.55. The first-order valence-electron chi connectivity index (χ1n) is 9.34. The fraction of sp³-hybridized carbons (Fsp3) is 0.190. The number of nitrogens with zero attached hydrogens (tertiary/aromatic N) is 2. The highest BCUT2D eigenvalue weighted by Gasteiger charge is 2.23. The van der Waals surface area contributed by atoms with E-state index in [1.165, 1.54) is 23.2 Å². The molecular weight excluding hydrogens is 389 g/mol. The van der Waals surface area contributed by atoms with Crippen LogP contribution >= 0.6 is 0 Å². The number of halogens is 1. The van der Waals surface area contributed by atoms with Crippen molar-refractivity contribution in [2.45, 2.75) is 6.23 Å². The maximum atomic E-state index is 14.6. The smallest absolute Gasteiger partial charge is 0.253 e. The number of hydrogen-bond acceptors (Lipinski definition) is 7. The van der Waals surface area contributed by atoms with Crippen LogP contribution in [0.25, 0.3) is 6.08 Å². The van der Waals surface area contributed by atoms with E-state index in [1.807, 2.05) is 24.3 Å². The molecule has 0 aromatic heterocycles. The highest BCUT2D eigenvalue weighted by atomic mass is 19.1. The number of ether oxygens (including phenoxy) is 1. The number of hydrogen-bond donors (Lipinski definition) is 4. The Morgan fingerprint density at radius 1 is 1.37 bits per heavy atom. The van der Waals surface area contributed by atoms with E-state index in [-0.39, 0.29) is 23.9 Å². The summed E-state index contributed by atoms with van der Waals surface area (Å²) in [5.41, 5.74) is 10.3. The Labute approximate surface area is 172 Å². The van der Waals surface area contributed by atoms with Gasteiger partial charge in [0, 0.05) is 29.7 Å². The van der Waals surface area contributed by atoms with Crippen LogP contribution in [0, 0.1) is 11.3 Å². The summed E-state index contributed by atoms with van der Waals surface area (Å²) in [5.74, 6) is -0.845. The second kappa shape index (κ2) is 8.44. The summed E-state index contributed by atoms with van der Waals surface area (Å²) in [4.78, 5) is 13.3. The molecule has 1 saturated heterocycles. The molecule has 4 rings (SSSR count). The molecule has 2 aromatic carbocycles. The Kier molecular flexibility index (Phi) is 5.55. The molecule has 0 aliphatic carbocycles. The highest BCUT2D eigenvalue weighted by molar-refractivity contribution is 5.95. The number of rotatable bonds is 5. The van der Waals surface area contributed by atoms with Gasteiger partial charge in [0.25, 0.3) is 5.91 Å². The van der Waals surface area contributed by atoms with E-state index in [0.717, 1.165) is 11.3 Å². The molecule has 1 unspecified atom stereocenters. The van der Waals surface area contributed by atoms with E-state index in [4.69, 9.17) is 10.3 Å². The Bertz CT molecular complexity index is 1050. The number of morpholine rings is 1. The van der Waals surface area contributed by atoms with Gasteiger partial charge >= 0.3 is 0 Å². The van der Waals surface area contributed by atoms with Gasteiger partial charge in [0.2, 0.25) is 0 Å². The number of carbonyl (C=O) groups excluding carboxylic acids is 1. The van der Waals surface area contributed by atoms with Gasteiger partial charge in [0.1, 0.15) is 18.1 Å². The average molecular weight is 409 g/mol. The molecule has 4 N–H and O–H groups in total. The van der Waals surface area contributed by atoms with Crippen molar-refractivity contribution in [3.8, 4) is 0 Å². The lowest BCUT2D eigenvalue weighted by Gasteiger charge is -2.27. The van der Waals surface area contributed by atoms with E-state index in [1.54, 1.807) is 12.1 Å². The lowest BCUT2D eigenvalue weighted by Crippen LogP contribution is -2.42. The zero-order valence-corrected chi connectivity index (χ0v) is 15.9. The van der Waals surface area contributed by atoms with Gasteiger partial charge in [-0.1, -0.05) is 18.2 Å². The molecule has 0 spiro atoms. The van der Waals surface area contributed by atoms with Crippen molar-refractivity contribution in [3.05, 3.63) is 71.3 Å². The van der Waals surface area contributed by atoms with Crippen LogP contribution in [0.1, 0.15) is 5.56 Å². The molecule has 1 amide bonds. The minimum absolute atomic E-state index is 0.0643. The molecule has 30 heavy (non-hydrogen) atoms. The molecule has 0 saturated carbocycles. The monoisotopic (exact) mass is 409 g/mol. The fourth-order valence-electron chi connectivity index (χ4n) is 3.36. The van der Waals surface area contributed by atoms with Crippen LogP contribution in [-0.2, 0) is 9.53 Å². The molecular formula is C21H20FN5O3. The van der Waals surface area contributed by atoms with Crippen LogP contribution < -0.4 is 15.5 Å². The van der Waals surface area contributed by atoms with Gasteiger partial charge in [-0.15, -0.1) is 0 Å². The van der Waals surface area contributed by atoms with Crippen LogP contribution in [0.15, 0.2) is 65.0 Å². The van der Waals surface area contributed by atoms with E-state index in [2.05, 4.69) is 15.7 Å². The number of anilines is 3. The molecule has 2 aliphatic heterocycles. The van der Waals surface area contributed by atoms with E-state index in [0.29, 0.717) is 24.4 Å². The highest BCUT2D eigenvalue weighted by Crippen LogP contribution is 2.30. The van der Waals surface area contributed by atoms with Crippen molar-refractivity contribution in [2.24, 2.45) is 5.11 Å². The predicted molar refractivity (Wildman–Crippen MR) is 110 cm³/mol. The summed E-state index contributed by atoms with van der Waals surface area (Å²) in [5, 5.41) is 19.7. The van der Waals surface area contributed by atoms with Gasteiger partial charge in [-0.2, -0.15) is 5.11 Å². The van der Waals surface area contributed by atoms with Crippen molar-refractivity contribution < 1.29 is 19.0 Å². The van der Waals surface area contributed by atoms with E-state index >= 15 is 0 Å². The topological polar surface area (TPSA) is 110 Å². The Hall–Kier alpha value is -3.56. The predicted octanol–water partition coefficient (Wildman–Crippen LogP) is 3.30. The third-order valence-electron chi connectivity index (χ3n) is 4.87. The number of amides is 1. The molecule has 154 valence electrons. The molecule has 9 heteroatoms. The van der Waals surface area contributed by atoms with Gasteiger partial charge in [-0.3, -0.25) is 4.79 Å². The van der Waals surface area contributed by atoms with Gasteiger partial charge in [-0.25, -0.2) is 9.92 Å². The second-order valence-corrected chi connectivity index (χ2v) is 6.78. The standard InChI is InChI=1S/C21H20FN5O3/c22-16-10-14(5-6-19(16)27-7-8-30-12-20(27)28)24-11-18(26-23)15-9-13-3-1-2-4-17(13)25-21(15)29/h1-6,9-11,21,23-25,29H,7-8,12H2/b18-11-,26-23?. The number of nitrogens with one attached hydrogen (secondary N) is 3. The van der Waals surface area contributed by atoms with Crippen LogP contribution in [0.4, 0.5) is 21.5 Å². The number of benzene rings is 2. The maximum absolute atomic E-state index is 14.6. The average Bonchev–Trinajstić information content (AvgIpc) is 2.75. The molecule has 0 radical (unpaired) electrons. The first kappa shape index (κ1) is 19.7. The lowest BCUT2D eigenvalue weighted by molar-refractivity contribution is -0.125.